The molecule has 4 rings (SSSR count). The second-order valence-corrected chi connectivity index (χ2v) is 13.6. The van der Waals surface area contributed by atoms with Crippen LogP contribution in [0, 0.1) is 6.92 Å². The van der Waals surface area contributed by atoms with Gasteiger partial charge in [0, 0.05) is 51.3 Å². The number of benzene rings is 2. The molecule has 2 aromatic carbocycles. The fourth-order valence-corrected chi connectivity index (χ4v) is 5.03. The van der Waals surface area contributed by atoms with Crippen molar-refractivity contribution in [3.63, 3.8) is 0 Å². The third-order valence-corrected chi connectivity index (χ3v) is 8.80. The van der Waals surface area contributed by atoms with Crippen LogP contribution >= 0.6 is 0 Å². The number of hydrogen-bond acceptors (Lipinski definition) is 11. The molecule has 1 fully saturated rings. The van der Waals surface area contributed by atoms with Crippen molar-refractivity contribution in [3.05, 3.63) is 65.2 Å². The quantitative estimate of drug-likeness (QED) is 0.129. The molecule has 1 heterocycles. The first-order valence-electron chi connectivity index (χ1n) is 15.5. The second kappa shape index (κ2) is 16.1. The fourth-order valence-electron chi connectivity index (χ4n) is 4.45. The molecule has 3 aromatic rings. The summed E-state index contributed by atoms with van der Waals surface area (Å²) >= 11 is 0. The third kappa shape index (κ3) is 11.5. The Kier molecular flexibility index (Phi) is 12.2. The van der Waals surface area contributed by atoms with Crippen molar-refractivity contribution in [2.45, 2.75) is 50.7 Å². The predicted molar refractivity (Wildman–Crippen MR) is 177 cm³/mol. The lowest BCUT2D eigenvalue weighted by Crippen LogP contribution is -2.40. The van der Waals surface area contributed by atoms with Crippen molar-refractivity contribution in [1.82, 2.24) is 34.6 Å². The van der Waals surface area contributed by atoms with Crippen LogP contribution in [0.3, 0.4) is 0 Å². The lowest BCUT2D eigenvalue weighted by atomic mass is 10.0. The first-order chi connectivity index (χ1) is 23.5. The molecule has 15 nitrogen and oxygen atoms in total. The zero-order valence-electron chi connectivity index (χ0n) is 27.6. The van der Waals surface area contributed by atoms with E-state index < -0.39 is 46.4 Å². The number of aryl methyl sites for hydroxylation is 1. The minimum Gasteiger partial charge on any atom is -0.454 e. The van der Waals surface area contributed by atoms with Crippen LogP contribution in [-0.2, 0) is 25.3 Å². The van der Waals surface area contributed by atoms with Crippen LogP contribution in [0.1, 0.15) is 53.6 Å². The van der Waals surface area contributed by atoms with E-state index >= 15 is 0 Å². The van der Waals surface area contributed by atoms with E-state index in [2.05, 4.69) is 36.2 Å². The molecule has 0 radical (unpaired) electrons. The number of halogens is 3. The maximum absolute atomic E-state index is 12.9. The maximum atomic E-state index is 12.9. The van der Waals surface area contributed by atoms with Gasteiger partial charge in [0.25, 0.3) is 5.91 Å². The highest BCUT2D eigenvalue weighted by atomic mass is 32.2. The van der Waals surface area contributed by atoms with Crippen molar-refractivity contribution < 1.29 is 40.7 Å². The number of hydrogen-bond donors (Lipinski definition) is 5. The molecule has 5 N–H and O–H groups in total. The summed E-state index contributed by atoms with van der Waals surface area (Å²) in [6.07, 6.45) is -2.92. The average Bonchev–Trinajstić information content (AvgIpc) is 3.82. The lowest BCUT2D eigenvalue weighted by molar-refractivity contribution is -0.154. The summed E-state index contributed by atoms with van der Waals surface area (Å²) in [5.74, 6) is -1.58. The van der Waals surface area contributed by atoms with E-state index in [1.165, 1.54) is 26.2 Å². The topological polar surface area (TPSA) is 197 Å². The molecule has 0 bridgehead atoms. The standard InChI is InChI=1S/C31H38F3N9O6S/c1-20-6-10-22(11-7-20)30(15-16-30)41-28-38-27(39-29(40-28)49-19-31(32,33)34)37-23-12-8-21(9-13-23)26(46)36-17-4-5-24(44)35-18-14-25(45)42-50(47,48)43(2)3/h6-13H,4-5,14-19H2,1-3H3,(H,35,44)(H,36,46)(H,42,45)(H2,37,38,39,40,41). The Morgan fingerprint density at radius 3 is 2.16 bits per heavy atom. The van der Waals surface area contributed by atoms with Gasteiger partial charge < -0.3 is 26.0 Å². The van der Waals surface area contributed by atoms with Crippen LogP contribution in [0.4, 0.5) is 30.8 Å². The van der Waals surface area contributed by atoms with Gasteiger partial charge in [0.15, 0.2) is 6.61 Å². The van der Waals surface area contributed by atoms with Crippen LogP contribution in [0.15, 0.2) is 48.5 Å². The minimum absolute atomic E-state index is 0.0309. The van der Waals surface area contributed by atoms with E-state index in [0.717, 1.165) is 28.3 Å². The average molecular weight is 722 g/mol. The number of amides is 3. The maximum Gasteiger partial charge on any atom is 0.422 e. The number of aromatic nitrogens is 3. The minimum atomic E-state index is -4.60. The second-order valence-electron chi connectivity index (χ2n) is 11.7. The molecule has 1 aliphatic rings. The van der Waals surface area contributed by atoms with Gasteiger partial charge in [-0.2, -0.15) is 40.8 Å². The number of nitrogens with one attached hydrogen (secondary N) is 5. The molecule has 19 heteroatoms. The van der Waals surface area contributed by atoms with Crippen molar-refractivity contribution in [2.75, 3.05) is 44.4 Å². The molecule has 0 aliphatic heterocycles. The van der Waals surface area contributed by atoms with E-state index in [-0.39, 0.29) is 43.7 Å². The molecular weight excluding hydrogens is 683 g/mol. The number of rotatable bonds is 17. The summed E-state index contributed by atoms with van der Waals surface area (Å²) in [7, 11) is -1.36. The van der Waals surface area contributed by atoms with Crippen LogP contribution in [0.5, 0.6) is 6.01 Å². The number of alkyl halides is 3. The fraction of sp³-hybridized carbons (Fsp3) is 0.419. The summed E-state index contributed by atoms with van der Waals surface area (Å²) in [6, 6.07) is 13.5. The first-order valence-corrected chi connectivity index (χ1v) is 16.9. The van der Waals surface area contributed by atoms with Gasteiger partial charge in [-0.3, -0.25) is 14.4 Å². The molecule has 0 spiro atoms. The van der Waals surface area contributed by atoms with Crippen LogP contribution in [0.25, 0.3) is 0 Å². The highest BCUT2D eigenvalue weighted by molar-refractivity contribution is 7.87. The van der Waals surface area contributed by atoms with Crippen molar-refractivity contribution in [2.24, 2.45) is 0 Å². The van der Waals surface area contributed by atoms with Gasteiger partial charge in [-0.1, -0.05) is 29.8 Å². The molecule has 0 unspecified atom stereocenters. The Hall–Kier alpha value is -5.04. The van der Waals surface area contributed by atoms with Gasteiger partial charge >= 0.3 is 22.4 Å². The molecule has 0 atom stereocenters. The monoisotopic (exact) mass is 721 g/mol. The number of ether oxygens (including phenoxy) is 1. The molecule has 1 aromatic heterocycles. The smallest absolute Gasteiger partial charge is 0.422 e. The summed E-state index contributed by atoms with van der Waals surface area (Å²) in [5, 5.41) is 11.3. The molecule has 50 heavy (non-hydrogen) atoms. The van der Waals surface area contributed by atoms with E-state index in [1.807, 2.05) is 35.9 Å². The largest absolute Gasteiger partial charge is 0.454 e. The van der Waals surface area contributed by atoms with Crippen molar-refractivity contribution in [3.8, 4) is 6.01 Å². The van der Waals surface area contributed by atoms with E-state index in [1.54, 1.807) is 12.1 Å². The molecule has 1 aliphatic carbocycles. The Labute approximate surface area is 287 Å². The van der Waals surface area contributed by atoms with Gasteiger partial charge in [-0.25, -0.2) is 4.72 Å². The first kappa shape index (κ1) is 37.8. The SMILES string of the molecule is Cc1ccc(C2(Nc3nc(Nc4ccc(C(=O)NCCCC(=O)NCCC(=O)NS(=O)(=O)N(C)C)cc4)nc(OCC(F)(F)F)n3)CC2)cc1. The number of carbonyl (C=O) groups is 3. The summed E-state index contributed by atoms with van der Waals surface area (Å²) in [6.45, 7) is 0.506. The van der Waals surface area contributed by atoms with Crippen molar-refractivity contribution in [1.29, 1.82) is 0 Å². The zero-order valence-corrected chi connectivity index (χ0v) is 28.4. The van der Waals surface area contributed by atoms with Crippen LogP contribution in [0.2, 0.25) is 0 Å². The lowest BCUT2D eigenvalue weighted by Gasteiger charge is -2.19. The Bertz CT molecular complexity index is 1770. The number of anilines is 3. The molecule has 3 amide bonds. The van der Waals surface area contributed by atoms with Gasteiger partial charge in [0.05, 0.1) is 5.54 Å². The summed E-state index contributed by atoms with van der Waals surface area (Å²) in [5.41, 5.74) is 2.35. The predicted octanol–water partition coefficient (Wildman–Crippen LogP) is 2.90. The van der Waals surface area contributed by atoms with Gasteiger partial charge in [0.1, 0.15) is 0 Å². The Morgan fingerprint density at radius 2 is 1.54 bits per heavy atom. The van der Waals surface area contributed by atoms with Gasteiger partial charge in [0.2, 0.25) is 23.7 Å². The zero-order chi connectivity index (χ0) is 36.5. The normalized spacial score (nSPS) is 13.7. The van der Waals surface area contributed by atoms with Crippen molar-refractivity contribution >= 4 is 45.5 Å². The van der Waals surface area contributed by atoms with Crippen LogP contribution < -0.4 is 30.7 Å². The third-order valence-electron chi connectivity index (χ3n) is 7.35. The summed E-state index contributed by atoms with van der Waals surface area (Å²) < 4.78 is 69.5. The Balaban J connectivity index is 1.28. The molecule has 1 saturated carbocycles. The Morgan fingerprint density at radius 1 is 0.880 bits per heavy atom. The van der Waals surface area contributed by atoms with E-state index in [4.69, 9.17) is 4.74 Å². The van der Waals surface area contributed by atoms with E-state index in [0.29, 0.717) is 17.7 Å². The summed E-state index contributed by atoms with van der Waals surface area (Å²) in [4.78, 5) is 48.8. The molecule has 0 saturated heterocycles. The van der Waals surface area contributed by atoms with E-state index in [9.17, 15) is 36.0 Å². The number of nitrogens with zero attached hydrogens (tertiary/aromatic N) is 4. The number of carbonyl (C=O) groups excluding carboxylic acids is 3. The molecular formula is C31H38F3N9O6S. The molecule has 270 valence electrons. The van der Waals surface area contributed by atoms with Gasteiger partial charge in [-0.05, 0) is 56.0 Å². The van der Waals surface area contributed by atoms with Gasteiger partial charge in [-0.15, -0.1) is 0 Å². The highest BCUT2D eigenvalue weighted by Crippen LogP contribution is 2.48. The van der Waals surface area contributed by atoms with Crippen LogP contribution in [-0.4, -0.2) is 85.4 Å². The highest BCUT2D eigenvalue weighted by Gasteiger charge is 2.45.